The van der Waals surface area contributed by atoms with Gasteiger partial charge in [0.25, 0.3) is 0 Å². The third-order valence-corrected chi connectivity index (χ3v) is 6.79. The first-order valence-corrected chi connectivity index (χ1v) is 12.5. The second kappa shape index (κ2) is 10.7. The Morgan fingerprint density at radius 2 is 1.74 bits per heavy atom. The third kappa shape index (κ3) is 5.37. The molecule has 3 aromatic rings. The molecule has 0 aliphatic carbocycles. The van der Waals surface area contributed by atoms with E-state index in [0.717, 1.165) is 48.5 Å². The molecular weight excluding hydrogens is 466 g/mol. The maximum atomic E-state index is 12.6. The van der Waals surface area contributed by atoms with E-state index in [1.807, 2.05) is 30.3 Å². The molecule has 1 aromatic heterocycles. The number of thioether (sulfide) groups is 1. The molecule has 9 nitrogen and oxygen atoms in total. The number of carbonyl (C=O) groups is 1. The fourth-order valence-corrected chi connectivity index (χ4v) is 4.93. The van der Waals surface area contributed by atoms with E-state index in [9.17, 15) is 4.79 Å². The van der Waals surface area contributed by atoms with Gasteiger partial charge in [-0.15, -0.1) is 0 Å². The van der Waals surface area contributed by atoms with Gasteiger partial charge in [0, 0.05) is 50.3 Å². The van der Waals surface area contributed by atoms with Crippen molar-refractivity contribution in [2.45, 2.75) is 5.03 Å². The van der Waals surface area contributed by atoms with Crippen molar-refractivity contribution in [1.82, 2.24) is 9.97 Å². The largest absolute Gasteiger partial charge is 0.495 e. The van der Waals surface area contributed by atoms with Crippen molar-refractivity contribution in [3.05, 3.63) is 54.9 Å². The molecule has 5 rings (SSSR count). The highest BCUT2D eigenvalue weighted by atomic mass is 32.2. The van der Waals surface area contributed by atoms with E-state index in [-0.39, 0.29) is 11.7 Å². The number of aromatic nitrogens is 2. The molecule has 10 heteroatoms. The number of carbonyl (C=O) groups excluding carboxylic acids is 1. The first-order chi connectivity index (χ1) is 17.2. The van der Waals surface area contributed by atoms with Crippen LogP contribution in [0, 0.1) is 0 Å². The molecule has 1 saturated heterocycles. The zero-order valence-corrected chi connectivity index (χ0v) is 20.3. The van der Waals surface area contributed by atoms with Crippen LogP contribution in [0.5, 0.6) is 17.2 Å². The van der Waals surface area contributed by atoms with Gasteiger partial charge in [0.1, 0.15) is 24.0 Å². The number of methoxy groups -OCH3 is 1. The smallest absolute Gasteiger partial charge is 0.234 e. The van der Waals surface area contributed by atoms with Gasteiger partial charge in [-0.2, -0.15) is 0 Å². The third-order valence-electron chi connectivity index (χ3n) is 5.82. The molecule has 1 fully saturated rings. The van der Waals surface area contributed by atoms with E-state index >= 15 is 0 Å². The zero-order chi connectivity index (χ0) is 24.0. The molecule has 0 spiro atoms. The van der Waals surface area contributed by atoms with Crippen LogP contribution in [0.2, 0.25) is 0 Å². The van der Waals surface area contributed by atoms with Crippen LogP contribution in [0.25, 0.3) is 0 Å². The number of nitrogens with one attached hydrogen (secondary N) is 1. The second-order valence-electron chi connectivity index (χ2n) is 8.03. The van der Waals surface area contributed by atoms with Gasteiger partial charge in [0.05, 0.1) is 18.6 Å². The average molecular weight is 494 g/mol. The summed E-state index contributed by atoms with van der Waals surface area (Å²) >= 11 is 1.38. The van der Waals surface area contributed by atoms with Crippen LogP contribution in [-0.2, 0) is 4.79 Å². The summed E-state index contributed by atoms with van der Waals surface area (Å²) in [6, 6.07) is 13.5. The molecule has 0 saturated carbocycles. The number of hydrogen-bond acceptors (Lipinski definition) is 9. The number of ether oxygens (including phenoxy) is 3. The fourth-order valence-electron chi connectivity index (χ4n) is 4.14. The minimum absolute atomic E-state index is 0.121. The van der Waals surface area contributed by atoms with E-state index < -0.39 is 0 Å². The molecule has 1 amide bonds. The molecule has 0 radical (unpaired) electrons. The lowest BCUT2D eigenvalue weighted by atomic mass is 10.2. The Labute approximate surface area is 208 Å². The van der Waals surface area contributed by atoms with Crippen LogP contribution in [0.15, 0.2) is 59.9 Å². The molecule has 3 heterocycles. The van der Waals surface area contributed by atoms with Crippen LogP contribution in [0.4, 0.5) is 17.2 Å². The first kappa shape index (κ1) is 23.1. The number of piperazine rings is 1. The normalized spacial score (nSPS) is 15.0. The lowest BCUT2D eigenvalue weighted by molar-refractivity contribution is -0.113. The van der Waals surface area contributed by atoms with Crippen molar-refractivity contribution in [3.63, 3.8) is 0 Å². The highest BCUT2D eigenvalue weighted by Crippen LogP contribution is 2.33. The predicted molar refractivity (Wildman–Crippen MR) is 136 cm³/mol. The Morgan fingerprint density at radius 3 is 2.57 bits per heavy atom. The number of anilines is 3. The standard InChI is InChI=1S/C25H27N5O4S/c1-32-20-5-3-2-4-19(20)29-10-12-30(13-11-29)24-25(27-9-8-26-24)35-17-23(31)28-18-6-7-21-22(16-18)34-15-14-33-21/h2-9,16H,10-15,17H2,1H3,(H,28,31). The summed E-state index contributed by atoms with van der Waals surface area (Å²) in [5, 5.41) is 3.67. The summed E-state index contributed by atoms with van der Waals surface area (Å²) < 4.78 is 16.6. The first-order valence-electron chi connectivity index (χ1n) is 11.5. The van der Waals surface area contributed by atoms with Crippen molar-refractivity contribution in [2.24, 2.45) is 0 Å². The lowest BCUT2D eigenvalue weighted by Crippen LogP contribution is -2.47. The molecule has 2 aliphatic rings. The maximum Gasteiger partial charge on any atom is 0.234 e. The van der Waals surface area contributed by atoms with Crippen molar-refractivity contribution in [1.29, 1.82) is 0 Å². The molecule has 0 bridgehead atoms. The second-order valence-corrected chi connectivity index (χ2v) is 8.99. The summed E-state index contributed by atoms with van der Waals surface area (Å²) in [6.07, 6.45) is 3.36. The van der Waals surface area contributed by atoms with Gasteiger partial charge < -0.3 is 29.3 Å². The zero-order valence-electron chi connectivity index (χ0n) is 19.5. The Kier molecular flexibility index (Phi) is 7.08. The van der Waals surface area contributed by atoms with Gasteiger partial charge >= 0.3 is 0 Å². The van der Waals surface area contributed by atoms with Gasteiger partial charge in [0.2, 0.25) is 5.91 Å². The molecule has 182 valence electrons. The predicted octanol–water partition coefficient (Wildman–Crippen LogP) is 3.31. The molecule has 35 heavy (non-hydrogen) atoms. The quantitative estimate of drug-likeness (QED) is 0.498. The molecule has 2 aromatic carbocycles. The topological polar surface area (TPSA) is 89.1 Å². The number of para-hydroxylation sites is 2. The lowest BCUT2D eigenvalue weighted by Gasteiger charge is -2.37. The van der Waals surface area contributed by atoms with Crippen molar-refractivity contribution in [2.75, 3.05) is 67.4 Å². The summed E-state index contributed by atoms with van der Waals surface area (Å²) in [4.78, 5) is 26.2. The Hall–Kier alpha value is -3.66. The Balaban J connectivity index is 1.19. The van der Waals surface area contributed by atoms with Gasteiger partial charge in [0.15, 0.2) is 17.3 Å². The SMILES string of the molecule is COc1ccccc1N1CCN(c2nccnc2SCC(=O)Nc2ccc3c(c2)OCCO3)CC1. The number of nitrogens with zero attached hydrogens (tertiary/aromatic N) is 4. The molecule has 0 atom stereocenters. The molecular formula is C25H27N5O4S. The highest BCUT2D eigenvalue weighted by molar-refractivity contribution is 8.00. The van der Waals surface area contributed by atoms with E-state index in [2.05, 4.69) is 31.2 Å². The van der Waals surface area contributed by atoms with Crippen LogP contribution in [-0.4, -0.2) is 68.1 Å². The van der Waals surface area contributed by atoms with Crippen LogP contribution < -0.4 is 29.3 Å². The average Bonchev–Trinajstić information content (AvgIpc) is 2.92. The van der Waals surface area contributed by atoms with E-state index in [4.69, 9.17) is 14.2 Å². The van der Waals surface area contributed by atoms with Crippen LogP contribution in [0.3, 0.4) is 0 Å². The highest BCUT2D eigenvalue weighted by Gasteiger charge is 2.23. The number of fused-ring (bicyclic) bond motifs is 1. The van der Waals surface area contributed by atoms with Gasteiger partial charge in [-0.25, -0.2) is 9.97 Å². The maximum absolute atomic E-state index is 12.6. The summed E-state index contributed by atoms with van der Waals surface area (Å²) in [5.41, 5.74) is 1.77. The molecule has 0 unspecified atom stereocenters. The minimum Gasteiger partial charge on any atom is -0.495 e. The molecule has 2 aliphatic heterocycles. The van der Waals surface area contributed by atoms with Crippen LogP contribution in [0.1, 0.15) is 0 Å². The monoisotopic (exact) mass is 493 g/mol. The number of benzene rings is 2. The summed E-state index contributed by atoms with van der Waals surface area (Å²) in [5.74, 6) is 3.12. The number of amides is 1. The number of hydrogen-bond donors (Lipinski definition) is 1. The van der Waals surface area contributed by atoms with Crippen molar-refractivity contribution in [3.8, 4) is 17.2 Å². The molecule has 1 N–H and O–H groups in total. The van der Waals surface area contributed by atoms with Crippen molar-refractivity contribution < 1.29 is 19.0 Å². The Bertz CT molecular complexity index is 1190. The van der Waals surface area contributed by atoms with Gasteiger partial charge in [-0.05, 0) is 24.3 Å². The Morgan fingerprint density at radius 1 is 1.00 bits per heavy atom. The van der Waals surface area contributed by atoms with E-state index in [1.54, 1.807) is 25.6 Å². The number of rotatable bonds is 7. The van der Waals surface area contributed by atoms with Crippen molar-refractivity contribution >= 4 is 34.9 Å². The summed E-state index contributed by atoms with van der Waals surface area (Å²) in [7, 11) is 1.70. The summed E-state index contributed by atoms with van der Waals surface area (Å²) in [6.45, 7) is 4.31. The van der Waals surface area contributed by atoms with Crippen LogP contribution >= 0.6 is 11.8 Å². The van der Waals surface area contributed by atoms with Gasteiger partial charge in [-0.1, -0.05) is 23.9 Å². The van der Waals surface area contributed by atoms with E-state index in [0.29, 0.717) is 30.4 Å². The fraction of sp³-hybridized carbons (Fsp3) is 0.320. The van der Waals surface area contributed by atoms with Gasteiger partial charge in [-0.3, -0.25) is 4.79 Å². The van der Waals surface area contributed by atoms with E-state index in [1.165, 1.54) is 11.8 Å². The minimum atomic E-state index is -0.121.